The van der Waals surface area contributed by atoms with E-state index in [0.717, 1.165) is 18.4 Å². The van der Waals surface area contributed by atoms with E-state index in [9.17, 15) is 4.79 Å². The molecule has 1 saturated carbocycles. The van der Waals surface area contributed by atoms with Crippen molar-refractivity contribution in [1.82, 2.24) is 4.90 Å². The minimum atomic E-state index is -2.65. The first-order chi connectivity index (χ1) is 16.3. The zero-order chi connectivity index (χ0) is 24.2. The Kier molecular flexibility index (Phi) is 6.96. The first-order valence-corrected chi connectivity index (χ1v) is 13.9. The van der Waals surface area contributed by atoms with E-state index in [1.165, 1.54) is 10.4 Å². The molecule has 3 aromatic rings. The van der Waals surface area contributed by atoms with Gasteiger partial charge in [-0.05, 0) is 33.8 Å². The Balaban J connectivity index is 1.57. The lowest BCUT2D eigenvalue weighted by Crippen LogP contribution is -2.67. The Hall–Kier alpha value is -2.89. The molecule has 3 aromatic carbocycles. The minimum absolute atomic E-state index is 0.0990. The van der Waals surface area contributed by atoms with Gasteiger partial charge < -0.3 is 14.1 Å². The lowest BCUT2D eigenvalue weighted by Gasteiger charge is -2.44. The summed E-state index contributed by atoms with van der Waals surface area (Å²) >= 11 is 0. The summed E-state index contributed by atoms with van der Waals surface area (Å²) in [6, 6.07) is 31.0. The van der Waals surface area contributed by atoms with Gasteiger partial charge in [-0.15, -0.1) is 0 Å². The molecule has 1 fully saturated rings. The van der Waals surface area contributed by atoms with E-state index in [0.29, 0.717) is 6.61 Å². The molecular weight excluding hydrogens is 438 g/mol. The Morgan fingerprint density at radius 3 is 1.76 bits per heavy atom. The fraction of sp³-hybridized carbons (Fsp3) is 0.345. The van der Waals surface area contributed by atoms with Crippen LogP contribution in [0.1, 0.15) is 39.2 Å². The number of ether oxygens (including phenoxy) is 1. The van der Waals surface area contributed by atoms with Crippen molar-refractivity contribution in [2.24, 2.45) is 0 Å². The van der Waals surface area contributed by atoms with E-state index in [1.54, 1.807) is 4.90 Å². The fourth-order valence-electron chi connectivity index (χ4n) is 4.73. The van der Waals surface area contributed by atoms with Crippen molar-refractivity contribution in [2.45, 2.75) is 50.8 Å². The summed E-state index contributed by atoms with van der Waals surface area (Å²) in [5, 5.41) is 2.40. The number of rotatable bonds is 8. The summed E-state index contributed by atoms with van der Waals surface area (Å²) in [5.41, 5.74) is 0.665. The molecule has 0 atom stereocenters. The molecule has 0 aliphatic heterocycles. The largest absolute Gasteiger partial charge is 0.445 e. The van der Waals surface area contributed by atoms with E-state index in [-0.39, 0.29) is 23.3 Å². The molecule has 0 saturated heterocycles. The van der Waals surface area contributed by atoms with Crippen molar-refractivity contribution in [2.75, 3.05) is 13.7 Å². The van der Waals surface area contributed by atoms with Crippen LogP contribution in [0.2, 0.25) is 5.04 Å². The van der Waals surface area contributed by atoms with E-state index < -0.39 is 8.32 Å². The molecule has 0 aromatic heterocycles. The monoisotopic (exact) mass is 473 g/mol. The molecule has 0 N–H and O–H groups in total. The van der Waals surface area contributed by atoms with Gasteiger partial charge in [0.2, 0.25) is 0 Å². The smallest absolute Gasteiger partial charge is 0.410 e. The normalized spacial score (nSPS) is 14.9. The molecule has 5 heteroatoms. The molecule has 0 heterocycles. The Labute approximate surface area is 204 Å². The summed E-state index contributed by atoms with van der Waals surface area (Å²) < 4.78 is 12.7. The number of hydrogen-bond donors (Lipinski definition) is 0. The molecule has 0 unspecified atom stereocenters. The van der Waals surface area contributed by atoms with Crippen LogP contribution in [0.3, 0.4) is 0 Å². The van der Waals surface area contributed by atoms with Crippen LogP contribution in [-0.4, -0.2) is 38.5 Å². The SMILES string of the molecule is CN(C(=O)OCc1ccccc1)C1(CO[Si](c2ccccc2)(c2ccccc2)C(C)(C)C)CC1. The summed E-state index contributed by atoms with van der Waals surface area (Å²) in [6.07, 6.45) is 1.54. The van der Waals surface area contributed by atoms with Gasteiger partial charge in [0.1, 0.15) is 6.61 Å². The maximum absolute atomic E-state index is 12.9. The van der Waals surface area contributed by atoms with Gasteiger partial charge in [-0.3, -0.25) is 0 Å². The van der Waals surface area contributed by atoms with E-state index in [2.05, 4.69) is 81.4 Å². The average molecular weight is 474 g/mol. The highest BCUT2D eigenvalue weighted by Crippen LogP contribution is 2.44. The van der Waals surface area contributed by atoms with Crippen LogP contribution in [0.5, 0.6) is 0 Å². The van der Waals surface area contributed by atoms with Crippen molar-refractivity contribution in [3.8, 4) is 0 Å². The highest BCUT2D eigenvalue weighted by molar-refractivity contribution is 6.99. The highest BCUT2D eigenvalue weighted by atomic mass is 28.4. The van der Waals surface area contributed by atoms with E-state index in [4.69, 9.17) is 9.16 Å². The van der Waals surface area contributed by atoms with E-state index >= 15 is 0 Å². The van der Waals surface area contributed by atoms with Gasteiger partial charge in [-0.2, -0.15) is 0 Å². The molecule has 1 amide bonds. The van der Waals surface area contributed by atoms with Crippen molar-refractivity contribution in [1.29, 1.82) is 0 Å². The summed E-state index contributed by atoms with van der Waals surface area (Å²) in [7, 11) is -0.807. The Bertz CT molecular complexity index is 1040. The van der Waals surface area contributed by atoms with Crippen LogP contribution >= 0.6 is 0 Å². The van der Waals surface area contributed by atoms with Gasteiger partial charge in [0.25, 0.3) is 8.32 Å². The second-order valence-corrected chi connectivity index (χ2v) is 14.6. The number of carbonyl (C=O) groups is 1. The van der Waals surface area contributed by atoms with Crippen molar-refractivity contribution < 1.29 is 14.0 Å². The third-order valence-corrected chi connectivity index (χ3v) is 12.0. The van der Waals surface area contributed by atoms with Gasteiger partial charge >= 0.3 is 6.09 Å². The van der Waals surface area contributed by atoms with Crippen LogP contribution in [-0.2, 0) is 15.8 Å². The average Bonchev–Trinajstić information content (AvgIpc) is 3.65. The molecule has 178 valence electrons. The fourth-order valence-corrected chi connectivity index (χ4v) is 9.38. The molecule has 0 radical (unpaired) electrons. The summed E-state index contributed by atoms with van der Waals surface area (Å²) in [4.78, 5) is 14.7. The van der Waals surface area contributed by atoms with Crippen molar-refractivity contribution >= 4 is 24.8 Å². The second-order valence-electron chi connectivity index (χ2n) is 10.3. The predicted octanol–water partition coefficient (Wildman–Crippen LogP) is 5.36. The molecule has 34 heavy (non-hydrogen) atoms. The van der Waals surface area contributed by atoms with Gasteiger partial charge in [0.15, 0.2) is 0 Å². The number of hydrogen-bond acceptors (Lipinski definition) is 3. The Morgan fingerprint density at radius 1 is 0.853 bits per heavy atom. The van der Waals surface area contributed by atoms with Crippen molar-refractivity contribution in [3.63, 3.8) is 0 Å². The van der Waals surface area contributed by atoms with Crippen LogP contribution in [0.15, 0.2) is 91.0 Å². The zero-order valence-electron chi connectivity index (χ0n) is 20.7. The zero-order valence-corrected chi connectivity index (χ0v) is 21.7. The highest BCUT2D eigenvalue weighted by Gasteiger charge is 2.55. The van der Waals surface area contributed by atoms with Gasteiger partial charge in [0.05, 0.1) is 12.1 Å². The molecular formula is C29H35NO3Si. The Morgan fingerprint density at radius 2 is 1.32 bits per heavy atom. The lowest BCUT2D eigenvalue weighted by atomic mass is 10.2. The second kappa shape index (κ2) is 9.77. The van der Waals surface area contributed by atoms with Gasteiger partial charge in [0, 0.05) is 7.05 Å². The molecule has 0 spiro atoms. The minimum Gasteiger partial charge on any atom is -0.445 e. The van der Waals surface area contributed by atoms with Gasteiger partial charge in [-0.1, -0.05) is 112 Å². The topological polar surface area (TPSA) is 38.8 Å². The quantitative estimate of drug-likeness (QED) is 0.413. The molecule has 4 rings (SSSR count). The summed E-state index contributed by atoms with van der Waals surface area (Å²) in [5.74, 6) is 0. The van der Waals surface area contributed by atoms with Crippen LogP contribution in [0.4, 0.5) is 4.79 Å². The first kappa shape index (κ1) is 24.2. The van der Waals surface area contributed by atoms with Crippen LogP contribution in [0.25, 0.3) is 0 Å². The van der Waals surface area contributed by atoms with Crippen LogP contribution in [0, 0.1) is 0 Å². The third-order valence-electron chi connectivity index (χ3n) is 6.99. The van der Waals surface area contributed by atoms with Gasteiger partial charge in [-0.25, -0.2) is 4.79 Å². The maximum Gasteiger partial charge on any atom is 0.410 e. The summed E-state index contributed by atoms with van der Waals surface area (Å²) in [6.45, 7) is 7.59. The molecule has 0 bridgehead atoms. The van der Waals surface area contributed by atoms with Crippen LogP contribution < -0.4 is 10.4 Å². The maximum atomic E-state index is 12.9. The molecule has 1 aliphatic carbocycles. The number of nitrogens with zero attached hydrogens (tertiary/aromatic N) is 1. The first-order valence-electron chi connectivity index (χ1n) is 12.0. The molecule has 1 aliphatic rings. The number of amides is 1. The lowest BCUT2D eigenvalue weighted by molar-refractivity contribution is 0.0712. The predicted molar refractivity (Wildman–Crippen MR) is 140 cm³/mol. The number of carbonyl (C=O) groups excluding carboxylic acids is 1. The van der Waals surface area contributed by atoms with E-state index in [1.807, 2.05) is 37.4 Å². The molecule has 4 nitrogen and oxygen atoms in total. The van der Waals surface area contributed by atoms with Crippen molar-refractivity contribution in [3.05, 3.63) is 96.6 Å². The number of likely N-dealkylation sites (N-methyl/N-ethyl adjacent to an activating group) is 1. The number of benzene rings is 3. The standard InChI is InChI=1S/C29H35NO3Si/c1-28(2,3)34(25-16-10-6-11-17-25,26-18-12-7-13-19-26)33-23-29(20-21-29)30(4)27(31)32-22-24-14-8-5-9-15-24/h5-19H,20-23H2,1-4H3. The third kappa shape index (κ3) is 4.81.